The lowest BCUT2D eigenvalue weighted by Gasteiger charge is -2.27. The van der Waals surface area contributed by atoms with E-state index in [1.807, 2.05) is 17.0 Å². The number of thiophene rings is 1. The molecule has 5 heteroatoms. The van der Waals surface area contributed by atoms with Gasteiger partial charge in [-0.05, 0) is 12.5 Å². The predicted molar refractivity (Wildman–Crippen MR) is 79.7 cm³/mol. The van der Waals surface area contributed by atoms with Crippen LogP contribution in [0.5, 0.6) is 0 Å². The minimum absolute atomic E-state index is 0.0691. The highest BCUT2D eigenvalue weighted by Gasteiger charge is 2.23. The average molecular weight is 275 g/mol. The van der Waals surface area contributed by atoms with Gasteiger partial charge in [0, 0.05) is 36.3 Å². The minimum atomic E-state index is 0.0691. The first-order valence-electron chi connectivity index (χ1n) is 6.46. The number of anilines is 1. The standard InChI is InChI=1S/C14H17N3OS/c1-9-3-2-4-10-11(15)13(19-12(9)10)14(18)17-7-5-16-6-8-17/h2-4,16H,5-8,15H2,1H3. The van der Waals surface area contributed by atoms with Gasteiger partial charge in [-0.15, -0.1) is 11.3 Å². The second kappa shape index (κ2) is 4.83. The Morgan fingerprint density at radius 1 is 1.37 bits per heavy atom. The van der Waals surface area contributed by atoms with Gasteiger partial charge in [-0.3, -0.25) is 4.79 Å². The Kier molecular flexibility index (Phi) is 3.16. The first kappa shape index (κ1) is 12.4. The predicted octanol–water partition coefficient (Wildman–Crippen LogP) is 1.84. The highest BCUT2D eigenvalue weighted by atomic mass is 32.1. The molecule has 2 aromatic rings. The second-order valence-corrected chi connectivity index (χ2v) is 5.86. The lowest BCUT2D eigenvalue weighted by atomic mass is 10.1. The first-order chi connectivity index (χ1) is 9.18. The van der Waals surface area contributed by atoms with E-state index < -0.39 is 0 Å². The number of hydrogen-bond donors (Lipinski definition) is 2. The van der Waals surface area contributed by atoms with Crippen molar-refractivity contribution in [3.8, 4) is 0 Å². The number of hydrogen-bond acceptors (Lipinski definition) is 4. The Morgan fingerprint density at radius 3 is 2.79 bits per heavy atom. The zero-order valence-electron chi connectivity index (χ0n) is 10.9. The average Bonchev–Trinajstić information content (AvgIpc) is 2.78. The van der Waals surface area contributed by atoms with E-state index in [-0.39, 0.29) is 5.91 Å². The normalized spacial score (nSPS) is 15.9. The summed E-state index contributed by atoms with van der Waals surface area (Å²) in [6, 6.07) is 6.03. The maximum atomic E-state index is 12.5. The quantitative estimate of drug-likeness (QED) is 0.835. The number of carbonyl (C=O) groups is 1. The second-order valence-electron chi connectivity index (χ2n) is 4.84. The largest absolute Gasteiger partial charge is 0.397 e. The highest BCUT2D eigenvalue weighted by Crippen LogP contribution is 2.36. The number of nitrogens with two attached hydrogens (primary N) is 1. The molecule has 1 aromatic carbocycles. The third kappa shape index (κ3) is 2.09. The lowest BCUT2D eigenvalue weighted by Crippen LogP contribution is -2.46. The molecule has 1 amide bonds. The monoisotopic (exact) mass is 275 g/mol. The maximum Gasteiger partial charge on any atom is 0.266 e. The van der Waals surface area contributed by atoms with E-state index in [0.29, 0.717) is 10.6 Å². The van der Waals surface area contributed by atoms with Gasteiger partial charge in [-0.25, -0.2) is 0 Å². The smallest absolute Gasteiger partial charge is 0.266 e. The van der Waals surface area contributed by atoms with Gasteiger partial charge in [-0.2, -0.15) is 0 Å². The molecule has 3 N–H and O–H groups in total. The summed E-state index contributed by atoms with van der Waals surface area (Å²) >= 11 is 1.52. The number of nitrogen functional groups attached to an aromatic ring is 1. The number of nitrogens with zero attached hydrogens (tertiary/aromatic N) is 1. The van der Waals surface area contributed by atoms with Crippen molar-refractivity contribution in [3.05, 3.63) is 28.6 Å². The Labute approximate surface area is 116 Å². The van der Waals surface area contributed by atoms with Crippen LogP contribution < -0.4 is 11.1 Å². The number of amides is 1. The summed E-state index contributed by atoms with van der Waals surface area (Å²) in [6.45, 7) is 5.28. The molecule has 0 unspecified atom stereocenters. The number of benzene rings is 1. The molecule has 2 heterocycles. The van der Waals surface area contributed by atoms with Crippen molar-refractivity contribution in [1.82, 2.24) is 10.2 Å². The van der Waals surface area contributed by atoms with E-state index in [1.54, 1.807) is 0 Å². The van der Waals surface area contributed by atoms with Gasteiger partial charge < -0.3 is 16.0 Å². The molecule has 0 radical (unpaired) electrons. The molecule has 0 saturated carbocycles. The zero-order chi connectivity index (χ0) is 13.4. The Hall–Kier alpha value is -1.59. The van der Waals surface area contributed by atoms with Gasteiger partial charge in [0.25, 0.3) is 5.91 Å². The summed E-state index contributed by atoms with van der Waals surface area (Å²) in [5, 5.41) is 4.25. The van der Waals surface area contributed by atoms with Gasteiger partial charge >= 0.3 is 0 Å². The summed E-state index contributed by atoms with van der Waals surface area (Å²) in [7, 11) is 0. The number of piperazine rings is 1. The maximum absolute atomic E-state index is 12.5. The molecule has 100 valence electrons. The molecule has 1 aromatic heterocycles. The Balaban J connectivity index is 2.02. The molecule has 4 nitrogen and oxygen atoms in total. The summed E-state index contributed by atoms with van der Waals surface area (Å²) in [6.07, 6.45) is 0. The number of rotatable bonds is 1. The van der Waals surface area contributed by atoms with E-state index in [9.17, 15) is 4.79 Å². The molecule has 1 fully saturated rings. The molecule has 3 rings (SSSR count). The molecule has 1 aliphatic rings. The summed E-state index contributed by atoms with van der Waals surface area (Å²) in [5.74, 6) is 0.0691. The third-order valence-corrected chi connectivity index (χ3v) is 4.89. The number of fused-ring (bicyclic) bond motifs is 1. The van der Waals surface area contributed by atoms with Crippen LogP contribution >= 0.6 is 11.3 Å². The summed E-state index contributed by atoms with van der Waals surface area (Å²) in [5.41, 5.74) is 7.97. The molecule has 1 aliphatic heterocycles. The van der Waals surface area contributed by atoms with Crippen LogP contribution in [-0.2, 0) is 0 Å². The SMILES string of the molecule is Cc1cccc2c(N)c(C(=O)N3CCNCC3)sc12. The molecule has 1 saturated heterocycles. The van der Waals surface area contributed by atoms with Crippen molar-refractivity contribution < 1.29 is 4.79 Å². The Morgan fingerprint density at radius 2 is 2.11 bits per heavy atom. The van der Waals surface area contributed by atoms with E-state index >= 15 is 0 Å². The van der Waals surface area contributed by atoms with Gasteiger partial charge in [0.05, 0.1) is 5.69 Å². The van der Waals surface area contributed by atoms with Crippen LogP contribution in [0.25, 0.3) is 10.1 Å². The van der Waals surface area contributed by atoms with Crippen LogP contribution in [0.2, 0.25) is 0 Å². The first-order valence-corrected chi connectivity index (χ1v) is 7.27. The zero-order valence-corrected chi connectivity index (χ0v) is 11.7. The van der Waals surface area contributed by atoms with Crippen LogP contribution in [0.3, 0.4) is 0 Å². The van der Waals surface area contributed by atoms with Gasteiger partial charge in [0.1, 0.15) is 4.88 Å². The lowest BCUT2D eigenvalue weighted by molar-refractivity contribution is 0.0742. The number of nitrogens with one attached hydrogen (secondary N) is 1. The number of aryl methyl sites for hydroxylation is 1. The fourth-order valence-electron chi connectivity index (χ4n) is 2.45. The third-order valence-electron chi connectivity index (χ3n) is 3.55. The van der Waals surface area contributed by atoms with Gasteiger partial charge in [-0.1, -0.05) is 18.2 Å². The van der Waals surface area contributed by atoms with Crippen molar-refractivity contribution in [2.24, 2.45) is 0 Å². The summed E-state index contributed by atoms with van der Waals surface area (Å²) < 4.78 is 1.12. The van der Waals surface area contributed by atoms with E-state index in [0.717, 1.165) is 36.3 Å². The molecule has 0 spiro atoms. The van der Waals surface area contributed by atoms with Crippen LogP contribution in [-0.4, -0.2) is 37.0 Å². The van der Waals surface area contributed by atoms with Gasteiger partial charge in [0.15, 0.2) is 0 Å². The number of carbonyl (C=O) groups excluding carboxylic acids is 1. The minimum Gasteiger partial charge on any atom is -0.397 e. The molecule has 0 aliphatic carbocycles. The van der Waals surface area contributed by atoms with Crippen LogP contribution in [0.15, 0.2) is 18.2 Å². The highest BCUT2D eigenvalue weighted by molar-refractivity contribution is 7.21. The van der Waals surface area contributed by atoms with E-state index in [2.05, 4.69) is 18.3 Å². The van der Waals surface area contributed by atoms with Crippen molar-refractivity contribution in [2.45, 2.75) is 6.92 Å². The van der Waals surface area contributed by atoms with Crippen molar-refractivity contribution >= 4 is 33.0 Å². The fourth-order valence-corrected chi connectivity index (χ4v) is 3.61. The molecular formula is C14H17N3OS. The van der Waals surface area contributed by atoms with Crippen molar-refractivity contribution in [1.29, 1.82) is 0 Å². The molecule has 0 atom stereocenters. The molecule has 19 heavy (non-hydrogen) atoms. The summed E-state index contributed by atoms with van der Waals surface area (Å²) in [4.78, 5) is 15.1. The van der Waals surface area contributed by atoms with Gasteiger partial charge in [0.2, 0.25) is 0 Å². The topological polar surface area (TPSA) is 58.4 Å². The van der Waals surface area contributed by atoms with E-state index in [1.165, 1.54) is 16.9 Å². The van der Waals surface area contributed by atoms with Crippen LogP contribution in [0, 0.1) is 6.92 Å². The van der Waals surface area contributed by atoms with Crippen molar-refractivity contribution in [3.63, 3.8) is 0 Å². The molecular weight excluding hydrogens is 258 g/mol. The van der Waals surface area contributed by atoms with Crippen molar-refractivity contribution in [2.75, 3.05) is 31.9 Å². The fraction of sp³-hybridized carbons (Fsp3) is 0.357. The van der Waals surface area contributed by atoms with E-state index in [4.69, 9.17) is 5.73 Å². The Bertz CT molecular complexity index is 629. The molecule has 0 bridgehead atoms. The van der Waals surface area contributed by atoms with Crippen LogP contribution in [0.1, 0.15) is 15.2 Å². The van der Waals surface area contributed by atoms with Crippen LogP contribution in [0.4, 0.5) is 5.69 Å².